The lowest BCUT2D eigenvalue weighted by atomic mass is 10.1. The molecule has 0 aromatic carbocycles. The Hall–Kier alpha value is -1.12. The summed E-state index contributed by atoms with van der Waals surface area (Å²) in [6.45, 7) is 2.11. The second-order valence-electron chi connectivity index (χ2n) is 3.38. The van der Waals surface area contributed by atoms with E-state index in [-0.39, 0.29) is 5.82 Å². The van der Waals surface area contributed by atoms with E-state index < -0.39 is 0 Å². The highest BCUT2D eigenvalue weighted by atomic mass is 19.1. The van der Waals surface area contributed by atoms with Crippen LogP contribution in [0.3, 0.4) is 0 Å². The van der Waals surface area contributed by atoms with Gasteiger partial charge < -0.3 is 4.90 Å². The Morgan fingerprint density at radius 3 is 2.54 bits per heavy atom. The van der Waals surface area contributed by atoms with Crippen LogP contribution in [0.5, 0.6) is 0 Å². The first kappa shape index (κ1) is 8.48. The number of nitrogens with zero attached hydrogens (tertiary/aromatic N) is 2. The minimum atomic E-state index is -0.263. The third-order valence-electron chi connectivity index (χ3n) is 2.39. The van der Waals surface area contributed by atoms with Gasteiger partial charge in [0.2, 0.25) is 0 Å². The van der Waals surface area contributed by atoms with Crippen LogP contribution >= 0.6 is 0 Å². The molecule has 0 bridgehead atoms. The first-order chi connectivity index (χ1) is 6.36. The number of halogens is 1. The number of rotatable bonds is 1. The van der Waals surface area contributed by atoms with Crippen molar-refractivity contribution in [2.45, 2.75) is 19.3 Å². The fraction of sp³-hybridized carbons (Fsp3) is 0.500. The fourth-order valence-corrected chi connectivity index (χ4v) is 1.68. The van der Waals surface area contributed by atoms with Gasteiger partial charge in [0.15, 0.2) is 0 Å². The summed E-state index contributed by atoms with van der Waals surface area (Å²) >= 11 is 0. The Bertz CT molecular complexity index is 265. The van der Waals surface area contributed by atoms with Crippen LogP contribution in [0.25, 0.3) is 0 Å². The maximum Gasteiger partial charge on any atom is 0.141 e. The summed E-state index contributed by atoms with van der Waals surface area (Å²) in [5, 5.41) is 0. The molecule has 0 radical (unpaired) electrons. The van der Waals surface area contributed by atoms with Gasteiger partial charge in [-0.15, -0.1) is 0 Å². The van der Waals surface area contributed by atoms with Gasteiger partial charge in [-0.05, 0) is 31.4 Å². The zero-order valence-electron chi connectivity index (χ0n) is 7.54. The van der Waals surface area contributed by atoms with Gasteiger partial charge in [0.25, 0.3) is 0 Å². The normalized spacial score (nSPS) is 17.5. The molecule has 2 rings (SSSR count). The number of anilines is 1. The van der Waals surface area contributed by atoms with Crippen LogP contribution < -0.4 is 4.90 Å². The lowest BCUT2D eigenvalue weighted by Gasteiger charge is -2.27. The average Bonchev–Trinajstić information content (AvgIpc) is 2.20. The van der Waals surface area contributed by atoms with Gasteiger partial charge in [-0.3, -0.25) is 0 Å². The van der Waals surface area contributed by atoms with Crippen molar-refractivity contribution in [2.75, 3.05) is 18.0 Å². The van der Waals surface area contributed by atoms with E-state index in [1.807, 2.05) is 0 Å². The third-order valence-corrected chi connectivity index (χ3v) is 2.39. The van der Waals surface area contributed by atoms with Gasteiger partial charge in [0, 0.05) is 13.1 Å². The second-order valence-corrected chi connectivity index (χ2v) is 3.38. The van der Waals surface area contributed by atoms with Crippen molar-refractivity contribution < 1.29 is 4.39 Å². The van der Waals surface area contributed by atoms with Crippen molar-refractivity contribution in [3.63, 3.8) is 0 Å². The summed E-state index contributed by atoms with van der Waals surface area (Å²) in [6, 6.07) is 3.22. The van der Waals surface area contributed by atoms with Crippen molar-refractivity contribution in [1.82, 2.24) is 4.98 Å². The van der Waals surface area contributed by atoms with Gasteiger partial charge >= 0.3 is 0 Å². The molecule has 0 saturated carbocycles. The van der Waals surface area contributed by atoms with Gasteiger partial charge in [-0.25, -0.2) is 9.37 Å². The van der Waals surface area contributed by atoms with Crippen molar-refractivity contribution in [2.24, 2.45) is 0 Å². The molecule has 2 heterocycles. The average molecular weight is 180 g/mol. The van der Waals surface area contributed by atoms with E-state index in [9.17, 15) is 4.39 Å². The lowest BCUT2D eigenvalue weighted by molar-refractivity contribution is 0.570. The van der Waals surface area contributed by atoms with Crippen molar-refractivity contribution in [3.05, 3.63) is 24.1 Å². The quantitative estimate of drug-likeness (QED) is 0.658. The number of hydrogen-bond acceptors (Lipinski definition) is 2. The molecule has 0 spiro atoms. The molecule has 0 amide bonds. The fourth-order valence-electron chi connectivity index (χ4n) is 1.68. The van der Waals surface area contributed by atoms with Gasteiger partial charge in [0.05, 0.1) is 6.20 Å². The minimum absolute atomic E-state index is 0.263. The summed E-state index contributed by atoms with van der Waals surface area (Å²) in [6.07, 6.45) is 5.03. The molecule has 0 aliphatic carbocycles. The van der Waals surface area contributed by atoms with Crippen LogP contribution in [-0.4, -0.2) is 18.1 Å². The highest BCUT2D eigenvalue weighted by Crippen LogP contribution is 2.16. The highest BCUT2D eigenvalue weighted by Gasteiger charge is 2.11. The van der Waals surface area contributed by atoms with Crippen molar-refractivity contribution in [3.8, 4) is 0 Å². The van der Waals surface area contributed by atoms with E-state index in [4.69, 9.17) is 0 Å². The predicted octanol–water partition coefficient (Wildman–Crippen LogP) is 2.21. The molecule has 3 heteroatoms. The third kappa shape index (κ3) is 1.97. The molecule has 0 unspecified atom stereocenters. The number of pyridine rings is 1. The first-order valence-electron chi connectivity index (χ1n) is 4.73. The van der Waals surface area contributed by atoms with E-state index in [0.717, 1.165) is 18.9 Å². The molecule has 1 saturated heterocycles. The molecule has 1 fully saturated rings. The maximum atomic E-state index is 12.6. The molecule has 2 nitrogen and oxygen atoms in total. The number of aromatic nitrogens is 1. The Morgan fingerprint density at radius 2 is 1.92 bits per heavy atom. The smallest absolute Gasteiger partial charge is 0.141 e. The van der Waals surface area contributed by atoms with Crippen LogP contribution in [0.15, 0.2) is 18.3 Å². The molecule has 0 atom stereocenters. The minimum Gasteiger partial charge on any atom is -0.357 e. The van der Waals surface area contributed by atoms with E-state index in [2.05, 4.69) is 9.88 Å². The Balaban J connectivity index is 2.10. The summed E-state index contributed by atoms with van der Waals surface area (Å²) in [7, 11) is 0. The second kappa shape index (κ2) is 3.73. The molecule has 1 aromatic rings. The van der Waals surface area contributed by atoms with Crippen LogP contribution in [0.4, 0.5) is 10.2 Å². The molecule has 70 valence electrons. The molecule has 1 aromatic heterocycles. The van der Waals surface area contributed by atoms with Crippen LogP contribution in [0.2, 0.25) is 0 Å². The van der Waals surface area contributed by atoms with E-state index in [1.54, 1.807) is 6.07 Å². The molecule has 13 heavy (non-hydrogen) atoms. The molecule has 1 aliphatic rings. The standard InChI is InChI=1S/C10H13FN2/c11-9-4-5-10(12-8-9)13-6-2-1-3-7-13/h4-5,8H,1-3,6-7H2. The maximum absolute atomic E-state index is 12.6. The summed E-state index contributed by atoms with van der Waals surface area (Å²) in [4.78, 5) is 6.26. The zero-order valence-corrected chi connectivity index (χ0v) is 7.54. The summed E-state index contributed by atoms with van der Waals surface area (Å²) in [5.41, 5.74) is 0. The van der Waals surface area contributed by atoms with Gasteiger partial charge in [0.1, 0.15) is 11.6 Å². The number of hydrogen-bond donors (Lipinski definition) is 0. The van der Waals surface area contributed by atoms with E-state index >= 15 is 0 Å². The SMILES string of the molecule is Fc1ccc(N2CCCCC2)nc1. The monoisotopic (exact) mass is 180 g/mol. The Labute approximate surface area is 77.4 Å². The Morgan fingerprint density at radius 1 is 1.15 bits per heavy atom. The van der Waals surface area contributed by atoms with Gasteiger partial charge in [-0.1, -0.05) is 0 Å². The molecule has 0 N–H and O–H groups in total. The first-order valence-corrected chi connectivity index (χ1v) is 4.73. The van der Waals surface area contributed by atoms with Crippen LogP contribution in [-0.2, 0) is 0 Å². The van der Waals surface area contributed by atoms with E-state index in [1.165, 1.54) is 31.5 Å². The molecular weight excluding hydrogens is 167 g/mol. The highest BCUT2D eigenvalue weighted by molar-refractivity contribution is 5.38. The summed E-state index contributed by atoms with van der Waals surface area (Å²) in [5.74, 6) is 0.641. The van der Waals surface area contributed by atoms with Crippen LogP contribution in [0.1, 0.15) is 19.3 Å². The molecular formula is C10H13FN2. The largest absolute Gasteiger partial charge is 0.357 e. The zero-order chi connectivity index (χ0) is 9.10. The van der Waals surface area contributed by atoms with Crippen molar-refractivity contribution in [1.29, 1.82) is 0 Å². The predicted molar refractivity (Wildman–Crippen MR) is 50.3 cm³/mol. The molecule has 1 aliphatic heterocycles. The Kier molecular flexibility index (Phi) is 2.43. The van der Waals surface area contributed by atoms with Crippen LogP contribution in [0, 0.1) is 5.82 Å². The van der Waals surface area contributed by atoms with Gasteiger partial charge in [-0.2, -0.15) is 0 Å². The lowest BCUT2D eigenvalue weighted by Crippen LogP contribution is -2.30. The van der Waals surface area contributed by atoms with E-state index in [0.29, 0.717) is 0 Å². The number of piperidine rings is 1. The van der Waals surface area contributed by atoms with Crippen molar-refractivity contribution >= 4 is 5.82 Å². The summed E-state index contributed by atoms with van der Waals surface area (Å²) < 4.78 is 12.6. The topological polar surface area (TPSA) is 16.1 Å².